The number of hydrogen-bond acceptors (Lipinski definition) is 3. The summed E-state index contributed by atoms with van der Waals surface area (Å²) in [4.78, 5) is 9.91. The second kappa shape index (κ2) is 3.10. The van der Waals surface area contributed by atoms with Gasteiger partial charge in [-0.15, -0.1) is 0 Å². The third-order valence-electron chi connectivity index (χ3n) is 0.894. The number of aldehydes is 1. The first-order valence-electron chi connectivity index (χ1n) is 2.44. The summed E-state index contributed by atoms with van der Waals surface area (Å²) in [6, 6.07) is 0. The molecule has 0 amide bonds. The Morgan fingerprint density at radius 1 is 1.75 bits per heavy atom. The van der Waals surface area contributed by atoms with E-state index in [1.54, 1.807) is 0 Å². The highest BCUT2D eigenvalue weighted by Crippen LogP contribution is 2.20. The van der Waals surface area contributed by atoms with Crippen LogP contribution in [0.15, 0.2) is 0 Å². The van der Waals surface area contributed by atoms with Gasteiger partial charge in [-0.25, -0.2) is 0 Å². The van der Waals surface area contributed by atoms with E-state index in [4.69, 9.17) is 5.14 Å². The molecule has 0 aliphatic carbocycles. The number of carbonyl (C=O) groups excluding carboxylic acids is 1. The highest BCUT2D eigenvalue weighted by atomic mass is 32.2. The first-order chi connectivity index (χ1) is 3.62. The lowest BCUT2D eigenvalue weighted by Gasteiger charge is -2.16. The van der Waals surface area contributed by atoms with Crippen molar-refractivity contribution in [1.82, 2.24) is 0 Å². The van der Waals surface area contributed by atoms with Crippen LogP contribution in [0.3, 0.4) is 0 Å². The summed E-state index contributed by atoms with van der Waals surface area (Å²) in [6.45, 7) is 3.87. The molecule has 0 radical (unpaired) electrons. The molecular weight excluding hydrogens is 122 g/mol. The van der Waals surface area contributed by atoms with Crippen molar-refractivity contribution in [2.45, 2.75) is 25.0 Å². The van der Waals surface area contributed by atoms with E-state index in [0.717, 1.165) is 6.29 Å². The highest BCUT2D eigenvalue weighted by molar-refractivity contribution is 7.98. The SMILES string of the molecule is CC(C)(CC=O)SN. The Labute approximate surface area is 54.0 Å². The van der Waals surface area contributed by atoms with Crippen LogP contribution in [0.2, 0.25) is 0 Å². The van der Waals surface area contributed by atoms with E-state index in [1.165, 1.54) is 11.9 Å². The summed E-state index contributed by atoms with van der Waals surface area (Å²) in [7, 11) is 0. The van der Waals surface area contributed by atoms with Gasteiger partial charge in [-0.05, 0) is 13.8 Å². The van der Waals surface area contributed by atoms with Gasteiger partial charge in [0.05, 0.1) is 0 Å². The maximum Gasteiger partial charge on any atom is 0.121 e. The van der Waals surface area contributed by atoms with Crippen molar-refractivity contribution in [3.8, 4) is 0 Å². The van der Waals surface area contributed by atoms with Crippen LogP contribution in [0.4, 0.5) is 0 Å². The van der Waals surface area contributed by atoms with Gasteiger partial charge in [0.1, 0.15) is 6.29 Å². The molecule has 0 saturated carbocycles. The molecule has 0 spiro atoms. The predicted molar refractivity (Wildman–Crippen MR) is 36.5 cm³/mol. The molecule has 0 bridgehead atoms. The van der Waals surface area contributed by atoms with Gasteiger partial charge in [-0.3, -0.25) is 5.14 Å². The second-order valence-corrected chi connectivity index (χ2v) is 3.59. The molecule has 0 aromatic rings. The van der Waals surface area contributed by atoms with Crippen LogP contribution < -0.4 is 5.14 Å². The topological polar surface area (TPSA) is 43.1 Å². The number of carbonyl (C=O) groups is 1. The fraction of sp³-hybridized carbons (Fsp3) is 0.800. The molecule has 48 valence electrons. The Bertz CT molecular complexity index is 82.5. The maximum absolute atomic E-state index is 9.91. The molecular formula is C5H11NOS. The van der Waals surface area contributed by atoms with Gasteiger partial charge in [-0.2, -0.15) is 0 Å². The monoisotopic (exact) mass is 133 g/mol. The van der Waals surface area contributed by atoms with Gasteiger partial charge >= 0.3 is 0 Å². The summed E-state index contributed by atoms with van der Waals surface area (Å²) >= 11 is 1.22. The summed E-state index contributed by atoms with van der Waals surface area (Å²) in [5.41, 5.74) is 0. The van der Waals surface area contributed by atoms with Crippen molar-refractivity contribution in [3.63, 3.8) is 0 Å². The smallest absolute Gasteiger partial charge is 0.121 e. The van der Waals surface area contributed by atoms with E-state index < -0.39 is 0 Å². The zero-order chi connectivity index (χ0) is 6.62. The normalized spacial score (nSPS) is 11.4. The first-order valence-corrected chi connectivity index (χ1v) is 3.32. The molecule has 0 aliphatic heterocycles. The lowest BCUT2D eigenvalue weighted by molar-refractivity contribution is -0.108. The lowest BCUT2D eigenvalue weighted by Crippen LogP contribution is -2.17. The minimum atomic E-state index is -0.0816. The number of hydrogen-bond donors (Lipinski definition) is 1. The van der Waals surface area contributed by atoms with E-state index in [1.807, 2.05) is 13.8 Å². The van der Waals surface area contributed by atoms with Gasteiger partial charge in [0, 0.05) is 11.2 Å². The molecule has 0 aromatic carbocycles. The van der Waals surface area contributed by atoms with Gasteiger partial charge < -0.3 is 4.79 Å². The summed E-state index contributed by atoms with van der Waals surface area (Å²) in [5, 5.41) is 5.25. The van der Waals surface area contributed by atoms with Crippen LogP contribution >= 0.6 is 11.9 Å². The zero-order valence-electron chi connectivity index (χ0n) is 5.18. The van der Waals surface area contributed by atoms with Gasteiger partial charge in [0.15, 0.2) is 0 Å². The van der Waals surface area contributed by atoms with Crippen LogP contribution in [0.5, 0.6) is 0 Å². The third-order valence-corrected chi connectivity index (χ3v) is 1.70. The highest BCUT2D eigenvalue weighted by Gasteiger charge is 2.14. The van der Waals surface area contributed by atoms with Crippen LogP contribution in [0.1, 0.15) is 20.3 Å². The molecule has 0 aromatic heterocycles. The summed E-state index contributed by atoms with van der Waals surface area (Å²) in [5.74, 6) is 0. The molecule has 0 saturated heterocycles. The van der Waals surface area contributed by atoms with E-state index in [0.29, 0.717) is 6.42 Å². The van der Waals surface area contributed by atoms with Crippen LogP contribution in [-0.2, 0) is 4.79 Å². The van der Waals surface area contributed by atoms with Crippen molar-refractivity contribution in [1.29, 1.82) is 0 Å². The van der Waals surface area contributed by atoms with Crippen molar-refractivity contribution in [2.24, 2.45) is 5.14 Å². The molecule has 2 N–H and O–H groups in total. The summed E-state index contributed by atoms with van der Waals surface area (Å²) < 4.78 is -0.0816. The molecule has 0 atom stereocenters. The predicted octanol–water partition coefficient (Wildman–Crippen LogP) is 0.961. The first kappa shape index (κ1) is 7.98. The summed E-state index contributed by atoms with van der Waals surface area (Å²) in [6.07, 6.45) is 1.41. The molecule has 0 aliphatic rings. The van der Waals surface area contributed by atoms with E-state index in [9.17, 15) is 4.79 Å². The Morgan fingerprint density at radius 2 is 2.25 bits per heavy atom. The number of rotatable bonds is 3. The Balaban J connectivity index is 3.53. The largest absolute Gasteiger partial charge is 0.303 e. The van der Waals surface area contributed by atoms with E-state index in [-0.39, 0.29) is 4.75 Å². The average molecular weight is 133 g/mol. The van der Waals surface area contributed by atoms with Crippen LogP contribution in [0.25, 0.3) is 0 Å². The molecule has 3 heteroatoms. The molecule has 0 rings (SSSR count). The maximum atomic E-state index is 9.91. The molecule has 2 nitrogen and oxygen atoms in total. The minimum absolute atomic E-state index is 0.0816. The van der Waals surface area contributed by atoms with Gasteiger partial charge in [-0.1, -0.05) is 11.9 Å². The minimum Gasteiger partial charge on any atom is -0.303 e. The van der Waals surface area contributed by atoms with Gasteiger partial charge in [0.2, 0.25) is 0 Å². The molecule has 8 heavy (non-hydrogen) atoms. The van der Waals surface area contributed by atoms with Crippen molar-refractivity contribution < 1.29 is 4.79 Å². The zero-order valence-corrected chi connectivity index (χ0v) is 5.99. The van der Waals surface area contributed by atoms with Crippen LogP contribution in [-0.4, -0.2) is 11.0 Å². The van der Waals surface area contributed by atoms with E-state index >= 15 is 0 Å². The third kappa shape index (κ3) is 3.04. The second-order valence-electron chi connectivity index (χ2n) is 2.25. The Kier molecular flexibility index (Phi) is 3.09. The van der Waals surface area contributed by atoms with Gasteiger partial charge in [0.25, 0.3) is 0 Å². The standard InChI is InChI=1S/C5H11NOS/c1-5(2,8-6)3-4-7/h4H,3,6H2,1-2H3. The molecule has 0 unspecified atom stereocenters. The van der Waals surface area contributed by atoms with Crippen molar-refractivity contribution in [3.05, 3.63) is 0 Å². The van der Waals surface area contributed by atoms with Crippen LogP contribution in [0, 0.1) is 0 Å². The fourth-order valence-electron chi connectivity index (χ4n) is 0.249. The molecule has 0 fully saturated rings. The lowest BCUT2D eigenvalue weighted by atomic mass is 10.1. The molecule has 0 heterocycles. The Hall–Kier alpha value is -0.0200. The number of nitrogens with two attached hydrogens (primary N) is 1. The van der Waals surface area contributed by atoms with E-state index in [2.05, 4.69) is 0 Å². The quantitative estimate of drug-likeness (QED) is 0.460. The fourth-order valence-corrected chi connectivity index (χ4v) is 0.413. The Morgan fingerprint density at radius 3 is 2.38 bits per heavy atom. The van der Waals surface area contributed by atoms with Crippen molar-refractivity contribution in [2.75, 3.05) is 0 Å². The average Bonchev–Trinajstić information content (AvgIpc) is 1.67. The van der Waals surface area contributed by atoms with Crippen molar-refractivity contribution >= 4 is 18.2 Å².